The standard InChI is InChI=1S/C16H20F2N2O2/c17-16(18)7-13(20-10-16)15(21)19-8-12-3-1-2-4-14(12)22-9-11-5-6-11/h1-4,11,13,20H,5-10H2,(H,19,21). The van der Waals surface area contributed by atoms with Crippen molar-refractivity contribution in [2.45, 2.75) is 37.8 Å². The smallest absolute Gasteiger partial charge is 0.262 e. The van der Waals surface area contributed by atoms with Crippen molar-refractivity contribution in [1.29, 1.82) is 0 Å². The number of hydrogen-bond acceptors (Lipinski definition) is 3. The number of para-hydroxylation sites is 1. The van der Waals surface area contributed by atoms with Crippen LogP contribution in [0.1, 0.15) is 24.8 Å². The highest BCUT2D eigenvalue weighted by atomic mass is 19.3. The summed E-state index contributed by atoms with van der Waals surface area (Å²) in [4.78, 5) is 11.9. The fourth-order valence-corrected chi connectivity index (χ4v) is 2.49. The van der Waals surface area contributed by atoms with Crippen LogP contribution in [0.3, 0.4) is 0 Å². The molecule has 1 atom stereocenters. The summed E-state index contributed by atoms with van der Waals surface area (Å²) in [7, 11) is 0. The lowest BCUT2D eigenvalue weighted by molar-refractivity contribution is -0.123. The fourth-order valence-electron chi connectivity index (χ4n) is 2.49. The summed E-state index contributed by atoms with van der Waals surface area (Å²) < 4.78 is 32.0. The first kappa shape index (κ1) is 15.2. The predicted octanol–water partition coefficient (Wildman–Crippen LogP) is 2.09. The third-order valence-electron chi connectivity index (χ3n) is 4.02. The molecule has 6 heteroatoms. The number of hydrogen-bond donors (Lipinski definition) is 2. The number of benzene rings is 1. The first-order valence-electron chi connectivity index (χ1n) is 7.63. The molecular weight excluding hydrogens is 290 g/mol. The highest BCUT2D eigenvalue weighted by Crippen LogP contribution is 2.30. The molecule has 1 aromatic carbocycles. The molecule has 2 aliphatic rings. The Labute approximate surface area is 128 Å². The van der Waals surface area contributed by atoms with Gasteiger partial charge in [-0.2, -0.15) is 0 Å². The van der Waals surface area contributed by atoms with E-state index in [9.17, 15) is 13.6 Å². The second-order valence-electron chi connectivity index (χ2n) is 6.07. The maximum atomic E-state index is 13.1. The first-order valence-corrected chi connectivity index (χ1v) is 7.63. The molecule has 1 aliphatic carbocycles. The molecule has 4 nitrogen and oxygen atoms in total. The molecule has 0 radical (unpaired) electrons. The van der Waals surface area contributed by atoms with Gasteiger partial charge in [0.1, 0.15) is 5.75 Å². The molecular formula is C16H20F2N2O2. The van der Waals surface area contributed by atoms with E-state index in [4.69, 9.17) is 4.74 Å². The lowest BCUT2D eigenvalue weighted by Crippen LogP contribution is -2.40. The van der Waals surface area contributed by atoms with Gasteiger partial charge in [0, 0.05) is 18.5 Å². The zero-order valence-electron chi connectivity index (χ0n) is 12.3. The Hall–Kier alpha value is -1.69. The van der Waals surface area contributed by atoms with Crippen molar-refractivity contribution in [3.8, 4) is 5.75 Å². The summed E-state index contributed by atoms with van der Waals surface area (Å²) in [5, 5.41) is 5.26. The molecule has 0 bridgehead atoms. The number of halogens is 2. The number of rotatable bonds is 6. The van der Waals surface area contributed by atoms with Crippen LogP contribution in [0.4, 0.5) is 8.78 Å². The summed E-state index contributed by atoms with van der Waals surface area (Å²) in [6.07, 6.45) is 1.97. The number of nitrogens with one attached hydrogen (secondary N) is 2. The van der Waals surface area contributed by atoms with E-state index in [-0.39, 0.29) is 6.54 Å². The number of carbonyl (C=O) groups excluding carboxylic acids is 1. The van der Waals surface area contributed by atoms with E-state index in [1.54, 1.807) is 0 Å². The number of alkyl halides is 2. The van der Waals surface area contributed by atoms with Crippen LogP contribution in [-0.2, 0) is 11.3 Å². The Kier molecular flexibility index (Phi) is 4.29. The molecule has 1 unspecified atom stereocenters. The van der Waals surface area contributed by atoms with E-state index in [1.165, 1.54) is 12.8 Å². The summed E-state index contributed by atoms with van der Waals surface area (Å²) in [6, 6.07) is 6.67. The second kappa shape index (κ2) is 6.20. The maximum Gasteiger partial charge on any atom is 0.262 e. The Bertz CT molecular complexity index is 547. The molecule has 1 aliphatic heterocycles. The Morgan fingerprint density at radius 2 is 2.14 bits per heavy atom. The first-order chi connectivity index (χ1) is 10.5. The lowest BCUT2D eigenvalue weighted by Gasteiger charge is -2.14. The van der Waals surface area contributed by atoms with E-state index in [1.807, 2.05) is 24.3 Å². The van der Waals surface area contributed by atoms with Crippen molar-refractivity contribution < 1.29 is 18.3 Å². The molecule has 0 aromatic heterocycles. The molecule has 120 valence electrons. The minimum absolute atomic E-state index is 0.281. The van der Waals surface area contributed by atoms with Gasteiger partial charge in [0.25, 0.3) is 5.92 Å². The quantitative estimate of drug-likeness (QED) is 0.846. The summed E-state index contributed by atoms with van der Waals surface area (Å²) >= 11 is 0. The van der Waals surface area contributed by atoms with Gasteiger partial charge < -0.3 is 10.1 Å². The Balaban J connectivity index is 1.53. The minimum Gasteiger partial charge on any atom is -0.493 e. The van der Waals surface area contributed by atoms with Crippen LogP contribution in [0.5, 0.6) is 5.75 Å². The van der Waals surface area contributed by atoms with Gasteiger partial charge in [0.2, 0.25) is 5.91 Å². The number of carbonyl (C=O) groups is 1. The molecule has 0 spiro atoms. The van der Waals surface area contributed by atoms with Gasteiger partial charge >= 0.3 is 0 Å². The molecule has 2 N–H and O–H groups in total. The van der Waals surface area contributed by atoms with Gasteiger partial charge in [-0.15, -0.1) is 0 Å². The summed E-state index contributed by atoms with van der Waals surface area (Å²) in [5.74, 6) is -1.80. The van der Waals surface area contributed by atoms with E-state index in [0.29, 0.717) is 12.5 Å². The second-order valence-corrected chi connectivity index (χ2v) is 6.07. The third-order valence-corrected chi connectivity index (χ3v) is 4.02. The third kappa shape index (κ3) is 3.94. The van der Waals surface area contributed by atoms with E-state index < -0.39 is 30.8 Å². The van der Waals surface area contributed by atoms with Crippen molar-refractivity contribution in [3.63, 3.8) is 0 Å². The van der Waals surface area contributed by atoms with Crippen molar-refractivity contribution in [2.24, 2.45) is 5.92 Å². The Morgan fingerprint density at radius 3 is 2.82 bits per heavy atom. The molecule has 1 amide bonds. The summed E-state index contributed by atoms with van der Waals surface area (Å²) in [6.45, 7) is 0.539. The van der Waals surface area contributed by atoms with Crippen molar-refractivity contribution >= 4 is 5.91 Å². The zero-order valence-corrected chi connectivity index (χ0v) is 12.3. The van der Waals surface area contributed by atoms with Gasteiger partial charge in [-0.05, 0) is 24.8 Å². The van der Waals surface area contributed by atoms with E-state index in [2.05, 4.69) is 10.6 Å². The van der Waals surface area contributed by atoms with Crippen LogP contribution in [0.25, 0.3) is 0 Å². The van der Waals surface area contributed by atoms with Gasteiger partial charge in [-0.1, -0.05) is 18.2 Å². The molecule has 1 aromatic rings. The average molecular weight is 310 g/mol. The van der Waals surface area contributed by atoms with Gasteiger partial charge in [-0.3, -0.25) is 10.1 Å². The average Bonchev–Trinajstić information content (AvgIpc) is 3.25. The zero-order chi connectivity index (χ0) is 15.6. The topological polar surface area (TPSA) is 50.4 Å². The molecule has 1 saturated carbocycles. The monoisotopic (exact) mass is 310 g/mol. The molecule has 3 rings (SSSR count). The highest BCUT2D eigenvalue weighted by molar-refractivity contribution is 5.82. The normalized spacial score (nSPS) is 23.3. The van der Waals surface area contributed by atoms with Crippen molar-refractivity contribution in [2.75, 3.05) is 13.2 Å². The fraction of sp³-hybridized carbons (Fsp3) is 0.562. The lowest BCUT2D eigenvalue weighted by atomic mass is 10.1. The van der Waals surface area contributed by atoms with Crippen LogP contribution in [-0.4, -0.2) is 31.0 Å². The van der Waals surface area contributed by atoms with Crippen LogP contribution < -0.4 is 15.4 Å². The van der Waals surface area contributed by atoms with E-state index in [0.717, 1.165) is 11.3 Å². The van der Waals surface area contributed by atoms with Crippen LogP contribution in [0.15, 0.2) is 24.3 Å². The largest absolute Gasteiger partial charge is 0.493 e. The Morgan fingerprint density at radius 1 is 1.36 bits per heavy atom. The number of amides is 1. The van der Waals surface area contributed by atoms with E-state index >= 15 is 0 Å². The van der Waals surface area contributed by atoms with Gasteiger partial charge in [-0.25, -0.2) is 8.78 Å². The highest BCUT2D eigenvalue weighted by Gasteiger charge is 2.42. The molecule has 1 saturated heterocycles. The van der Waals surface area contributed by atoms with Crippen molar-refractivity contribution in [1.82, 2.24) is 10.6 Å². The van der Waals surface area contributed by atoms with Crippen LogP contribution >= 0.6 is 0 Å². The minimum atomic E-state index is -2.80. The van der Waals surface area contributed by atoms with Crippen LogP contribution in [0.2, 0.25) is 0 Å². The SMILES string of the molecule is O=C(NCc1ccccc1OCC1CC1)C1CC(F)(F)CN1. The molecule has 2 fully saturated rings. The summed E-state index contributed by atoms with van der Waals surface area (Å²) in [5.41, 5.74) is 0.862. The predicted molar refractivity (Wildman–Crippen MR) is 77.9 cm³/mol. The van der Waals surface area contributed by atoms with Crippen LogP contribution in [0, 0.1) is 5.92 Å². The molecule has 22 heavy (non-hydrogen) atoms. The maximum absolute atomic E-state index is 13.1. The van der Waals surface area contributed by atoms with Gasteiger partial charge in [0.05, 0.1) is 19.2 Å². The van der Waals surface area contributed by atoms with Crippen molar-refractivity contribution in [3.05, 3.63) is 29.8 Å². The van der Waals surface area contributed by atoms with Gasteiger partial charge in [0.15, 0.2) is 0 Å². The molecule has 1 heterocycles. The number of ether oxygens (including phenoxy) is 1.